The van der Waals surface area contributed by atoms with Gasteiger partial charge in [0.1, 0.15) is 0 Å². The molecule has 3 aromatic carbocycles. The fraction of sp³-hybridized carbons (Fsp3) is 0.208. The molecule has 1 aliphatic rings. The highest BCUT2D eigenvalue weighted by Crippen LogP contribution is 2.29. The zero-order valence-corrected chi connectivity index (χ0v) is 16.6. The Morgan fingerprint density at radius 1 is 0.800 bits per heavy atom. The Labute approximate surface area is 175 Å². The number of carbonyl (C=O) groups excluding carboxylic acids is 1. The van der Waals surface area contributed by atoms with E-state index >= 15 is 0 Å². The molecule has 3 aromatic rings. The Morgan fingerprint density at radius 3 is 1.90 bits per heavy atom. The molecule has 1 amide bonds. The maximum atomic E-state index is 12.9. The van der Waals surface area contributed by atoms with Gasteiger partial charge in [0.15, 0.2) is 0 Å². The Balaban J connectivity index is 1.50. The van der Waals surface area contributed by atoms with Crippen molar-refractivity contribution >= 4 is 11.6 Å². The van der Waals surface area contributed by atoms with Gasteiger partial charge in [0.25, 0.3) is 11.6 Å². The van der Waals surface area contributed by atoms with Gasteiger partial charge in [0.05, 0.1) is 11.0 Å². The first kappa shape index (κ1) is 19.8. The highest BCUT2D eigenvalue weighted by molar-refractivity contribution is 5.94. The van der Waals surface area contributed by atoms with E-state index in [0.29, 0.717) is 18.7 Å². The molecule has 0 spiro atoms. The fourth-order valence-electron chi connectivity index (χ4n) is 4.00. The standard InChI is InChI=1S/C24H23N3O3/c28-24(21-12-7-13-22(18-21)27(29)30)26-16-14-25(15-17-26)23(19-8-3-1-4-9-19)20-10-5-2-6-11-20/h1-13,18,23H,14-17H2. The summed E-state index contributed by atoms with van der Waals surface area (Å²) in [5.74, 6) is -0.158. The number of nitrogens with zero attached hydrogens (tertiary/aromatic N) is 3. The molecular weight excluding hydrogens is 378 g/mol. The summed E-state index contributed by atoms with van der Waals surface area (Å²) in [4.78, 5) is 27.6. The number of hydrogen-bond acceptors (Lipinski definition) is 4. The van der Waals surface area contributed by atoms with Crippen molar-refractivity contribution in [2.75, 3.05) is 26.2 Å². The van der Waals surface area contributed by atoms with Gasteiger partial charge in [-0.3, -0.25) is 19.8 Å². The summed E-state index contributed by atoms with van der Waals surface area (Å²) in [5.41, 5.74) is 2.75. The van der Waals surface area contributed by atoms with Gasteiger partial charge in [-0.25, -0.2) is 0 Å². The van der Waals surface area contributed by atoms with Gasteiger partial charge in [0.2, 0.25) is 0 Å². The molecule has 0 bridgehead atoms. The number of nitro benzene ring substituents is 1. The van der Waals surface area contributed by atoms with Crippen LogP contribution in [0.4, 0.5) is 5.69 Å². The monoisotopic (exact) mass is 401 g/mol. The van der Waals surface area contributed by atoms with Gasteiger partial charge >= 0.3 is 0 Å². The molecule has 0 radical (unpaired) electrons. The molecule has 0 unspecified atom stereocenters. The van der Waals surface area contributed by atoms with E-state index in [4.69, 9.17) is 0 Å². The predicted molar refractivity (Wildman–Crippen MR) is 115 cm³/mol. The van der Waals surface area contributed by atoms with E-state index in [1.54, 1.807) is 17.0 Å². The highest BCUT2D eigenvalue weighted by Gasteiger charge is 2.28. The molecule has 0 N–H and O–H groups in total. The van der Waals surface area contributed by atoms with Crippen LogP contribution in [-0.4, -0.2) is 46.8 Å². The zero-order valence-electron chi connectivity index (χ0n) is 16.6. The van der Waals surface area contributed by atoms with E-state index in [1.807, 2.05) is 36.4 Å². The highest BCUT2D eigenvalue weighted by atomic mass is 16.6. The molecule has 0 saturated carbocycles. The van der Waals surface area contributed by atoms with E-state index in [2.05, 4.69) is 29.2 Å². The summed E-state index contributed by atoms with van der Waals surface area (Å²) < 4.78 is 0. The molecule has 152 valence electrons. The van der Waals surface area contributed by atoms with Crippen LogP contribution in [-0.2, 0) is 0 Å². The number of non-ortho nitro benzene ring substituents is 1. The first-order valence-electron chi connectivity index (χ1n) is 10.0. The summed E-state index contributed by atoms with van der Waals surface area (Å²) in [7, 11) is 0. The van der Waals surface area contributed by atoms with E-state index in [1.165, 1.54) is 23.3 Å². The van der Waals surface area contributed by atoms with Crippen LogP contribution >= 0.6 is 0 Å². The lowest BCUT2D eigenvalue weighted by Gasteiger charge is -2.39. The van der Waals surface area contributed by atoms with Gasteiger partial charge in [0, 0.05) is 43.9 Å². The van der Waals surface area contributed by atoms with Gasteiger partial charge in [-0.15, -0.1) is 0 Å². The normalized spacial score (nSPS) is 14.6. The Morgan fingerprint density at radius 2 is 1.37 bits per heavy atom. The average Bonchev–Trinajstić information content (AvgIpc) is 2.81. The van der Waals surface area contributed by atoms with E-state index in [0.717, 1.165) is 13.1 Å². The third-order valence-corrected chi connectivity index (χ3v) is 5.50. The average molecular weight is 401 g/mol. The smallest absolute Gasteiger partial charge is 0.270 e. The number of piperazine rings is 1. The number of rotatable bonds is 5. The van der Waals surface area contributed by atoms with Crippen molar-refractivity contribution in [2.24, 2.45) is 0 Å². The number of carbonyl (C=O) groups is 1. The maximum absolute atomic E-state index is 12.9. The van der Waals surface area contributed by atoms with E-state index < -0.39 is 4.92 Å². The molecule has 1 heterocycles. The van der Waals surface area contributed by atoms with Crippen molar-refractivity contribution in [3.8, 4) is 0 Å². The first-order chi connectivity index (χ1) is 14.6. The minimum absolute atomic E-state index is 0.0623. The lowest BCUT2D eigenvalue weighted by atomic mass is 9.96. The molecule has 0 aliphatic carbocycles. The van der Waals surface area contributed by atoms with Crippen molar-refractivity contribution in [1.82, 2.24) is 9.80 Å². The summed E-state index contributed by atoms with van der Waals surface area (Å²) in [6.45, 7) is 2.62. The number of nitro groups is 1. The topological polar surface area (TPSA) is 66.7 Å². The lowest BCUT2D eigenvalue weighted by Crippen LogP contribution is -2.49. The summed E-state index contributed by atoms with van der Waals surface area (Å²) in [5, 5.41) is 11.0. The van der Waals surface area contributed by atoms with Gasteiger partial charge in [-0.1, -0.05) is 66.7 Å². The van der Waals surface area contributed by atoms with Gasteiger partial charge in [-0.05, 0) is 17.2 Å². The number of hydrogen-bond donors (Lipinski definition) is 0. The van der Waals surface area contributed by atoms with Crippen molar-refractivity contribution in [3.63, 3.8) is 0 Å². The van der Waals surface area contributed by atoms with E-state index in [9.17, 15) is 14.9 Å². The third-order valence-electron chi connectivity index (χ3n) is 5.50. The van der Waals surface area contributed by atoms with Crippen molar-refractivity contribution in [2.45, 2.75) is 6.04 Å². The van der Waals surface area contributed by atoms with Gasteiger partial charge < -0.3 is 4.90 Å². The van der Waals surface area contributed by atoms with Crippen LogP contribution in [0.25, 0.3) is 0 Å². The van der Waals surface area contributed by atoms with E-state index in [-0.39, 0.29) is 17.6 Å². The molecule has 1 fully saturated rings. The minimum Gasteiger partial charge on any atom is -0.336 e. The van der Waals surface area contributed by atoms with Gasteiger partial charge in [-0.2, -0.15) is 0 Å². The van der Waals surface area contributed by atoms with Crippen molar-refractivity contribution in [3.05, 3.63) is 112 Å². The maximum Gasteiger partial charge on any atom is 0.270 e. The molecule has 0 aromatic heterocycles. The lowest BCUT2D eigenvalue weighted by molar-refractivity contribution is -0.384. The van der Waals surface area contributed by atoms with Crippen molar-refractivity contribution in [1.29, 1.82) is 0 Å². The number of benzene rings is 3. The second-order valence-corrected chi connectivity index (χ2v) is 7.36. The molecule has 6 nitrogen and oxygen atoms in total. The Hall–Kier alpha value is -3.51. The third kappa shape index (κ3) is 4.23. The van der Waals surface area contributed by atoms with Crippen LogP contribution in [0.5, 0.6) is 0 Å². The van der Waals surface area contributed by atoms with Crippen LogP contribution < -0.4 is 0 Å². The molecule has 4 rings (SSSR count). The molecule has 0 atom stereocenters. The Bertz CT molecular complexity index is 977. The van der Waals surface area contributed by atoms with Crippen LogP contribution in [0.2, 0.25) is 0 Å². The molecular formula is C24H23N3O3. The second kappa shape index (κ2) is 8.88. The first-order valence-corrected chi connectivity index (χ1v) is 10.0. The fourth-order valence-corrected chi connectivity index (χ4v) is 4.00. The number of amides is 1. The SMILES string of the molecule is O=C(c1cccc([N+](=O)[O-])c1)N1CCN(C(c2ccccc2)c2ccccc2)CC1. The molecule has 1 aliphatic heterocycles. The summed E-state index contributed by atoms with van der Waals surface area (Å²) in [6, 6.07) is 26.9. The van der Waals surface area contributed by atoms with Crippen LogP contribution in [0.1, 0.15) is 27.5 Å². The largest absolute Gasteiger partial charge is 0.336 e. The van der Waals surface area contributed by atoms with Crippen LogP contribution in [0, 0.1) is 10.1 Å². The zero-order chi connectivity index (χ0) is 20.9. The summed E-state index contributed by atoms with van der Waals surface area (Å²) in [6.07, 6.45) is 0. The Kier molecular flexibility index (Phi) is 5.86. The molecule has 6 heteroatoms. The van der Waals surface area contributed by atoms with Crippen LogP contribution in [0.15, 0.2) is 84.9 Å². The molecule has 1 saturated heterocycles. The van der Waals surface area contributed by atoms with Crippen molar-refractivity contribution < 1.29 is 9.72 Å². The minimum atomic E-state index is -0.473. The quantitative estimate of drug-likeness (QED) is 0.476. The second-order valence-electron chi connectivity index (χ2n) is 7.36. The summed E-state index contributed by atoms with van der Waals surface area (Å²) >= 11 is 0. The molecule has 30 heavy (non-hydrogen) atoms. The van der Waals surface area contributed by atoms with Crippen LogP contribution in [0.3, 0.4) is 0 Å². The predicted octanol–water partition coefficient (Wildman–Crippen LogP) is 4.14.